The Hall–Kier alpha value is -1.25. The number of anilines is 1. The summed E-state index contributed by atoms with van der Waals surface area (Å²) in [5.74, 6) is -0.0108. The van der Waals surface area contributed by atoms with Crippen LogP contribution in [0.4, 0.5) is 5.13 Å². The van der Waals surface area contributed by atoms with Crippen molar-refractivity contribution in [1.29, 1.82) is 0 Å². The molecule has 0 aliphatic carbocycles. The number of carbonyl (C=O) groups is 1. The summed E-state index contributed by atoms with van der Waals surface area (Å²) >= 11 is 1.66. The molecule has 2 aliphatic heterocycles. The molecule has 8 heteroatoms. The molecule has 1 aromatic rings. The second kappa shape index (κ2) is 7.33. The van der Waals surface area contributed by atoms with Crippen LogP contribution in [0.25, 0.3) is 0 Å². The smallest absolute Gasteiger partial charge is 0.248 e. The van der Waals surface area contributed by atoms with Crippen LogP contribution in [0.5, 0.6) is 0 Å². The molecule has 1 atom stereocenters. The average molecular weight is 354 g/mol. The number of nitrogens with zero attached hydrogens (tertiary/aromatic N) is 4. The van der Waals surface area contributed by atoms with Gasteiger partial charge in [-0.05, 0) is 31.6 Å². The minimum atomic E-state index is -0.0108. The molecule has 7 nitrogen and oxygen atoms in total. The lowest BCUT2D eigenvalue weighted by molar-refractivity contribution is -0.134. The molecule has 2 saturated heterocycles. The van der Waals surface area contributed by atoms with Gasteiger partial charge in [-0.1, -0.05) is 11.3 Å². The number of piperidine rings is 1. The zero-order valence-corrected chi connectivity index (χ0v) is 15.5. The van der Waals surface area contributed by atoms with Crippen LogP contribution in [0.1, 0.15) is 24.3 Å². The Morgan fingerprint density at radius 2 is 2.17 bits per heavy atom. The van der Waals surface area contributed by atoms with Crippen LogP contribution in [0, 0.1) is 12.3 Å². The number of amides is 1. The van der Waals surface area contributed by atoms with Crippen LogP contribution in [0.2, 0.25) is 0 Å². The first-order chi connectivity index (χ1) is 11.5. The van der Waals surface area contributed by atoms with Crippen LogP contribution in [0.15, 0.2) is 0 Å². The van der Waals surface area contributed by atoms with E-state index >= 15 is 0 Å². The SMILES string of the molecule is Cc1nnc(N2CCC3(CC2)COC(COCC(=O)N(C)C)C3)s1. The van der Waals surface area contributed by atoms with Gasteiger partial charge in [0.05, 0.1) is 19.3 Å². The summed E-state index contributed by atoms with van der Waals surface area (Å²) in [5.41, 5.74) is 0.260. The molecule has 1 spiro atoms. The van der Waals surface area contributed by atoms with E-state index in [4.69, 9.17) is 9.47 Å². The highest BCUT2D eigenvalue weighted by molar-refractivity contribution is 7.15. The number of hydrogen-bond donors (Lipinski definition) is 0. The fourth-order valence-electron chi connectivity index (χ4n) is 3.34. The van der Waals surface area contributed by atoms with E-state index in [0.717, 1.165) is 49.1 Å². The predicted octanol–water partition coefficient (Wildman–Crippen LogP) is 1.33. The second-order valence-electron chi connectivity index (χ2n) is 7.03. The summed E-state index contributed by atoms with van der Waals surface area (Å²) in [4.78, 5) is 15.4. The summed E-state index contributed by atoms with van der Waals surface area (Å²) in [6.07, 6.45) is 3.35. The molecule has 0 bridgehead atoms. The minimum Gasteiger partial charge on any atom is -0.375 e. The van der Waals surface area contributed by atoms with Gasteiger partial charge in [-0.2, -0.15) is 0 Å². The van der Waals surface area contributed by atoms with Crippen LogP contribution < -0.4 is 4.90 Å². The standard InChI is InChI=1S/C16H26N4O3S/c1-12-17-18-15(24-12)20-6-4-16(5-7-20)8-13(23-11-16)9-22-10-14(21)19(2)3/h13H,4-11H2,1-3H3. The average Bonchev–Trinajstić information content (AvgIpc) is 3.15. The van der Waals surface area contributed by atoms with Gasteiger partial charge in [0.25, 0.3) is 0 Å². The molecule has 0 radical (unpaired) electrons. The van der Waals surface area contributed by atoms with Crippen LogP contribution in [0.3, 0.4) is 0 Å². The maximum absolute atomic E-state index is 11.5. The van der Waals surface area contributed by atoms with Gasteiger partial charge in [-0.3, -0.25) is 4.79 Å². The van der Waals surface area contributed by atoms with Gasteiger partial charge in [0, 0.05) is 27.2 Å². The van der Waals surface area contributed by atoms with Gasteiger partial charge in [-0.15, -0.1) is 10.2 Å². The normalized spacial score (nSPS) is 23.0. The van der Waals surface area contributed by atoms with E-state index in [1.54, 1.807) is 30.3 Å². The predicted molar refractivity (Wildman–Crippen MR) is 92.4 cm³/mol. The maximum Gasteiger partial charge on any atom is 0.248 e. The highest BCUT2D eigenvalue weighted by Crippen LogP contribution is 2.43. The third-order valence-corrected chi connectivity index (χ3v) is 5.82. The minimum absolute atomic E-state index is 0.0108. The fraction of sp³-hybridized carbons (Fsp3) is 0.812. The van der Waals surface area contributed by atoms with E-state index in [-0.39, 0.29) is 24.0 Å². The number of likely N-dealkylation sites (N-methyl/N-ethyl adjacent to an activating group) is 1. The van der Waals surface area contributed by atoms with E-state index in [1.165, 1.54) is 0 Å². The summed E-state index contributed by atoms with van der Waals surface area (Å²) < 4.78 is 11.5. The van der Waals surface area contributed by atoms with Crippen molar-refractivity contribution >= 4 is 22.4 Å². The van der Waals surface area contributed by atoms with Crippen LogP contribution in [-0.2, 0) is 14.3 Å². The van der Waals surface area contributed by atoms with Crippen molar-refractivity contribution in [2.45, 2.75) is 32.3 Å². The van der Waals surface area contributed by atoms with Crippen LogP contribution >= 0.6 is 11.3 Å². The number of ether oxygens (including phenoxy) is 2. The Labute approximate surface area is 146 Å². The lowest BCUT2D eigenvalue weighted by Crippen LogP contribution is -2.40. The van der Waals surface area contributed by atoms with Gasteiger partial charge in [-0.25, -0.2) is 0 Å². The molecule has 2 aliphatic rings. The Bertz CT molecular complexity index is 569. The van der Waals surface area contributed by atoms with Crippen molar-refractivity contribution in [3.05, 3.63) is 5.01 Å². The fourth-order valence-corrected chi connectivity index (χ4v) is 4.08. The largest absolute Gasteiger partial charge is 0.375 e. The summed E-state index contributed by atoms with van der Waals surface area (Å²) in [6.45, 7) is 5.43. The van der Waals surface area contributed by atoms with Crippen molar-refractivity contribution in [3.8, 4) is 0 Å². The quantitative estimate of drug-likeness (QED) is 0.795. The maximum atomic E-state index is 11.5. The number of carbonyl (C=O) groups excluding carboxylic acids is 1. The van der Waals surface area contributed by atoms with Gasteiger partial charge in [0.1, 0.15) is 11.6 Å². The molecule has 134 valence electrons. The highest BCUT2D eigenvalue weighted by Gasteiger charge is 2.42. The molecule has 2 fully saturated rings. The van der Waals surface area contributed by atoms with Gasteiger partial charge in [0.15, 0.2) is 0 Å². The molecule has 1 amide bonds. The molecule has 24 heavy (non-hydrogen) atoms. The molecule has 0 aromatic carbocycles. The molecule has 1 unspecified atom stereocenters. The molecule has 1 aromatic heterocycles. The number of rotatable bonds is 5. The van der Waals surface area contributed by atoms with Crippen LogP contribution in [-0.4, -0.2) is 74.1 Å². The molecular weight excluding hydrogens is 328 g/mol. The molecular formula is C16H26N4O3S. The van der Waals surface area contributed by atoms with E-state index < -0.39 is 0 Å². The number of aryl methyl sites for hydroxylation is 1. The summed E-state index contributed by atoms with van der Waals surface area (Å²) in [7, 11) is 3.47. The summed E-state index contributed by atoms with van der Waals surface area (Å²) in [6, 6.07) is 0. The third-order valence-electron chi connectivity index (χ3n) is 4.92. The lowest BCUT2D eigenvalue weighted by atomic mass is 9.77. The second-order valence-corrected chi connectivity index (χ2v) is 8.19. The Balaban J connectivity index is 1.43. The Morgan fingerprint density at radius 3 is 2.79 bits per heavy atom. The van der Waals surface area contributed by atoms with E-state index in [1.807, 2.05) is 6.92 Å². The van der Waals surface area contributed by atoms with E-state index in [2.05, 4.69) is 15.1 Å². The first-order valence-electron chi connectivity index (χ1n) is 8.42. The zero-order valence-electron chi connectivity index (χ0n) is 14.7. The molecule has 3 heterocycles. The monoisotopic (exact) mass is 354 g/mol. The van der Waals surface area contributed by atoms with E-state index in [9.17, 15) is 4.79 Å². The van der Waals surface area contributed by atoms with Gasteiger partial charge >= 0.3 is 0 Å². The van der Waals surface area contributed by atoms with Crippen molar-refractivity contribution in [2.24, 2.45) is 5.41 Å². The van der Waals surface area contributed by atoms with Crippen molar-refractivity contribution in [3.63, 3.8) is 0 Å². The van der Waals surface area contributed by atoms with Crippen molar-refractivity contribution in [2.75, 3.05) is 51.9 Å². The van der Waals surface area contributed by atoms with Gasteiger partial charge in [0.2, 0.25) is 11.0 Å². The van der Waals surface area contributed by atoms with E-state index in [0.29, 0.717) is 6.61 Å². The highest BCUT2D eigenvalue weighted by atomic mass is 32.1. The first kappa shape index (κ1) is 17.6. The van der Waals surface area contributed by atoms with Crippen molar-refractivity contribution in [1.82, 2.24) is 15.1 Å². The van der Waals surface area contributed by atoms with Crippen molar-refractivity contribution < 1.29 is 14.3 Å². The van der Waals surface area contributed by atoms with Gasteiger partial charge < -0.3 is 19.3 Å². The third kappa shape index (κ3) is 4.04. The lowest BCUT2D eigenvalue weighted by Gasteiger charge is -2.38. The summed E-state index contributed by atoms with van der Waals surface area (Å²) in [5, 5.41) is 10.4. The Morgan fingerprint density at radius 1 is 1.42 bits per heavy atom. The molecule has 0 saturated carbocycles. The first-order valence-corrected chi connectivity index (χ1v) is 9.24. The Kier molecular flexibility index (Phi) is 5.36. The molecule has 3 rings (SSSR count). The zero-order chi connectivity index (χ0) is 17.2. The number of aromatic nitrogens is 2. The molecule has 0 N–H and O–H groups in total. The topological polar surface area (TPSA) is 67.8 Å². The number of hydrogen-bond acceptors (Lipinski definition) is 7.